The minimum Gasteiger partial charge on any atom is -0.461 e. The first-order valence-corrected chi connectivity index (χ1v) is 13.7. The number of esters is 1. The summed E-state index contributed by atoms with van der Waals surface area (Å²) < 4.78 is 11.8. The van der Waals surface area contributed by atoms with E-state index in [2.05, 4.69) is 5.32 Å². The molecule has 0 aromatic heterocycles. The molecule has 0 aliphatic carbocycles. The molecule has 9 heteroatoms. The van der Waals surface area contributed by atoms with Gasteiger partial charge in [-0.25, -0.2) is 0 Å². The SMILES string of the molecule is O=C(CNC(=O)c1ccccc1)OC[C@@H]1O[C@@H](c2ccccc2Cl)c2cc(Cl)ccc2N(Cc2ccccc2)C1=O. The van der Waals surface area contributed by atoms with Crippen molar-refractivity contribution in [1.29, 1.82) is 0 Å². The highest BCUT2D eigenvalue weighted by Gasteiger charge is 2.38. The van der Waals surface area contributed by atoms with Crippen molar-refractivity contribution in [2.75, 3.05) is 18.1 Å². The molecule has 0 saturated carbocycles. The highest BCUT2D eigenvalue weighted by Crippen LogP contribution is 2.42. The Bertz CT molecular complexity index is 1550. The summed E-state index contributed by atoms with van der Waals surface area (Å²) in [7, 11) is 0. The summed E-state index contributed by atoms with van der Waals surface area (Å²) in [6.07, 6.45) is -1.94. The number of hydrogen-bond acceptors (Lipinski definition) is 5. The molecule has 1 aliphatic heterocycles. The highest BCUT2D eigenvalue weighted by atomic mass is 35.5. The Labute approximate surface area is 247 Å². The van der Waals surface area contributed by atoms with Gasteiger partial charge in [-0.1, -0.05) is 89.9 Å². The van der Waals surface area contributed by atoms with E-state index in [1.165, 1.54) is 0 Å². The summed E-state index contributed by atoms with van der Waals surface area (Å²) in [6.45, 7) is -0.483. The summed E-state index contributed by atoms with van der Waals surface area (Å²) in [5.74, 6) is -1.52. The van der Waals surface area contributed by atoms with Gasteiger partial charge >= 0.3 is 5.97 Å². The molecule has 1 aliphatic rings. The molecule has 4 aromatic rings. The van der Waals surface area contributed by atoms with Crippen molar-refractivity contribution in [1.82, 2.24) is 5.32 Å². The van der Waals surface area contributed by atoms with Crippen LogP contribution in [0.2, 0.25) is 10.0 Å². The number of anilines is 1. The lowest BCUT2D eigenvalue weighted by Gasteiger charge is -2.25. The van der Waals surface area contributed by atoms with E-state index in [0.29, 0.717) is 32.4 Å². The fourth-order valence-electron chi connectivity index (χ4n) is 4.60. The number of ether oxygens (including phenoxy) is 2. The summed E-state index contributed by atoms with van der Waals surface area (Å²) in [5.41, 5.74) is 3.21. The van der Waals surface area contributed by atoms with Crippen LogP contribution < -0.4 is 10.2 Å². The van der Waals surface area contributed by atoms with E-state index < -0.39 is 30.0 Å². The molecule has 0 unspecified atom stereocenters. The normalized spacial score (nSPS) is 16.4. The zero-order chi connectivity index (χ0) is 28.8. The van der Waals surface area contributed by atoms with Gasteiger partial charge in [-0.3, -0.25) is 14.4 Å². The Morgan fingerprint density at radius 2 is 1.54 bits per heavy atom. The largest absolute Gasteiger partial charge is 0.461 e. The molecule has 7 nitrogen and oxygen atoms in total. The average molecular weight is 589 g/mol. The molecule has 208 valence electrons. The van der Waals surface area contributed by atoms with E-state index in [0.717, 1.165) is 5.56 Å². The van der Waals surface area contributed by atoms with E-state index in [-0.39, 0.29) is 19.7 Å². The molecule has 1 heterocycles. The van der Waals surface area contributed by atoms with Gasteiger partial charge in [0.15, 0.2) is 6.10 Å². The molecule has 1 N–H and O–H groups in total. The summed E-state index contributed by atoms with van der Waals surface area (Å²) in [4.78, 5) is 40.5. The quantitative estimate of drug-likeness (QED) is 0.256. The minimum atomic E-state index is -1.17. The number of nitrogens with zero attached hydrogens (tertiary/aromatic N) is 1. The number of benzene rings is 4. The molecule has 5 rings (SSSR count). The van der Waals surface area contributed by atoms with Crippen molar-refractivity contribution < 1.29 is 23.9 Å². The third kappa shape index (κ3) is 6.77. The van der Waals surface area contributed by atoms with Gasteiger partial charge < -0.3 is 19.7 Å². The van der Waals surface area contributed by atoms with E-state index in [4.69, 9.17) is 32.7 Å². The van der Waals surface area contributed by atoms with Crippen LogP contribution in [-0.2, 0) is 25.6 Å². The first-order valence-electron chi connectivity index (χ1n) is 12.9. The van der Waals surface area contributed by atoms with E-state index in [1.54, 1.807) is 65.6 Å². The molecule has 0 fully saturated rings. The molecule has 2 atom stereocenters. The van der Waals surface area contributed by atoms with Crippen LogP contribution >= 0.6 is 23.2 Å². The molecule has 0 spiro atoms. The van der Waals surface area contributed by atoms with Crippen LogP contribution in [0.5, 0.6) is 0 Å². The third-order valence-electron chi connectivity index (χ3n) is 6.60. The number of carbonyl (C=O) groups excluding carboxylic acids is 3. The standard InChI is InChI=1S/C32H26Cl2N2O5/c33-23-15-16-27-25(17-23)30(24-13-7-8-14-26(24)34)41-28(32(39)36(27)19-21-9-3-1-4-10-21)20-40-29(37)18-35-31(38)22-11-5-2-6-12-22/h1-17,28,30H,18-20H2,(H,35,38)/t28-,30-/m0/s1. The van der Waals surface area contributed by atoms with Gasteiger partial charge in [0, 0.05) is 26.7 Å². The molecule has 0 radical (unpaired) electrons. The Hall–Kier alpha value is -4.17. The summed E-state index contributed by atoms with van der Waals surface area (Å²) in [6, 6.07) is 30.5. The van der Waals surface area contributed by atoms with Crippen LogP contribution in [0.3, 0.4) is 0 Å². The Kier molecular flexibility index (Phi) is 8.99. The third-order valence-corrected chi connectivity index (χ3v) is 7.18. The van der Waals surface area contributed by atoms with Crippen molar-refractivity contribution in [3.8, 4) is 0 Å². The fourth-order valence-corrected chi connectivity index (χ4v) is 5.02. The van der Waals surface area contributed by atoms with Gasteiger partial charge in [-0.2, -0.15) is 0 Å². The Balaban J connectivity index is 1.42. The topological polar surface area (TPSA) is 84.9 Å². The van der Waals surface area contributed by atoms with Gasteiger partial charge in [0.1, 0.15) is 19.3 Å². The lowest BCUT2D eigenvalue weighted by Crippen LogP contribution is -2.42. The molecule has 2 amide bonds. The van der Waals surface area contributed by atoms with Crippen LogP contribution in [0.25, 0.3) is 0 Å². The first-order chi connectivity index (χ1) is 19.9. The average Bonchev–Trinajstić information content (AvgIpc) is 3.10. The second-order valence-electron chi connectivity index (χ2n) is 9.37. The fraction of sp³-hybridized carbons (Fsp3) is 0.156. The van der Waals surface area contributed by atoms with E-state index >= 15 is 0 Å². The first kappa shape index (κ1) is 28.4. The van der Waals surface area contributed by atoms with Crippen LogP contribution in [0.4, 0.5) is 5.69 Å². The lowest BCUT2D eigenvalue weighted by molar-refractivity contribution is -0.151. The minimum absolute atomic E-state index is 0.254. The number of halogens is 2. The monoisotopic (exact) mass is 588 g/mol. The molecule has 4 aromatic carbocycles. The highest BCUT2D eigenvalue weighted by molar-refractivity contribution is 6.31. The zero-order valence-electron chi connectivity index (χ0n) is 21.8. The van der Waals surface area contributed by atoms with E-state index in [1.807, 2.05) is 42.5 Å². The van der Waals surface area contributed by atoms with Crippen molar-refractivity contribution in [3.63, 3.8) is 0 Å². The van der Waals surface area contributed by atoms with Crippen molar-refractivity contribution in [3.05, 3.63) is 135 Å². The number of rotatable bonds is 8. The predicted molar refractivity (Wildman–Crippen MR) is 157 cm³/mol. The number of amides is 2. The number of carbonyl (C=O) groups is 3. The second kappa shape index (κ2) is 13.0. The number of fused-ring (bicyclic) bond motifs is 1. The van der Waals surface area contributed by atoms with Crippen LogP contribution in [-0.4, -0.2) is 37.0 Å². The van der Waals surface area contributed by atoms with Crippen molar-refractivity contribution >= 4 is 46.7 Å². The molecule has 0 saturated heterocycles. The Morgan fingerprint density at radius 3 is 2.27 bits per heavy atom. The molecular formula is C32H26Cl2N2O5. The number of hydrogen-bond donors (Lipinski definition) is 1. The van der Waals surface area contributed by atoms with Crippen LogP contribution in [0, 0.1) is 0 Å². The van der Waals surface area contributed by atoms with Crippen molar-refractivity contribution in [2.45, 2.75) is 18.8 Å². The van der Waals surface area contributed by atoms with Gasteiger partial charge in [0.05, 0.1) is 12.2 Å². The van der Waals surface area contributed by atoms with Gasteiger partial charge in [0.2, 0.25) is 0 Å². The van der Waals surface area contributed by atoms with Gasteiger partial charge in [-0.15, -0.1) is 0 Å². The maximum atomic E-state index is 14.0. The second-order valence-corrected chi connectivity index (χ2v) is 10.2. The number of nitrogens with one attached hydrogen (secondary N) is 1. The molecular weight excluding hydrogens is 563 g/mol. The summed E-state index contributed by atoms with van der Waals surface area (Å²) in [5, 5.41) is 3.45. The van der Waals surface area contributed by atoms with Crippen LogP contribution in [0.1, 0.15) is 33.2 Å². The predicted octanol–water partition coefficient (Wildman–Crippen LogP) is 5.99. The van der Waals surface area contributed by atoms with E-state index in [9.17, 15) is 14.4 Å². The van der Waals surface area contributed by atoms with Crippen LogP contribution in [0.15, 0.2) is 103 Å². The van der Waals surface area contributed by atoms with Crippen molar-refractivity contribution in [2.24, 2.45) is 0 Å². The maximum absolute atomic E-state index is 14.0. The van der Waals surface area contributed by atoms with Gasteiger partial charge in [0.25, 0.3) is 11.8 Å². The maximum Gasteiger partial charge on any atom is 0.325 e. The Morgan fingerprint density at radius 1 is 0.854 bits per heavy atom. The zero-order valence-corrected chi connectivity index (χ0v) is 23.3. The smallest absolute Gasteiger partial charge is 0.325 e. The molecule has 41 heavy (non-hydrogen) atoms. The summed E-state index contributed by atoms with van der Waals surface area (Å²) >= 11 is 13.0. The molecule has 0 bridgehead atoms. The lowest BCUT2D eigenvalue weighted by atomic mass is 9.99. The van der Waals surface area contributed by atoms with Gasteiger partial charge in [-0.05, 0) is 42.0 Å².